The Kier molecular flexibility index (Phi) is 3.87. The second kappa shape index (κ2) is 5.40. The molecule has 1 aliphatic rings. The molecule has 1 aliphatic heterocycles. The van der Waals surface area contributed by atoms with Gasteiger partial charge in [-0.3, -0.25) is 0 Å². The van der Waals surface area contributed by atoms with Gasteiger partial charge in [-0.1, -0.05) is 6.07 Å². The van der Waals surface area contributed by atoms with Gasteiger partial charge in [-0.05, 0) is 38.0 Å². The predicted molar refractivity (Wildman–Crippen MR) is 70.4 cm³/mol. The van der Waals surface area contributed by atoms with E-state index in [-0.39, 0.29) is 6.10 Å². The van der Waals surface area contributed by atoms with Crippen molar-refractivity contribution < 1.29 is 14.6 Å². The quantitative estimate of drug-likeness (QED) is 0.869. The molecule has 0 bridgehead atoms. The zero-order valence-corrected chi connectivity index (χ0v) is 10.8. The van der Waals surface area contributed by atoms with E-state index in [1.165, 1.54) is 5.56 Å². The number of anilines is 1. The molecule has 1 aromatic rings. The number of carbonyl (C=O) groups is 1. The lowest BCUT2D eigenvalue weighted by atomic mass is 10.1. The van der Waals surface area contributed by atoms with Gasteiger partial charge in [0.2, 0.25) is 0 Å². The molecule has 0 amide bonds. The number of carboxylic acids is 1. The SMILES string of the molecule is CC(C)OCCN1CCc2ccc(C(=O)O)cc21. The summed E-state index contributed by atoms with van der Waals surface area (Å²) in [5, 5.41) is 9.01. The Morgan fingerprint density at radius 2 is 2.28 bits per heavy atom. The number of nitrogens with zero attached hydrogens (tertiary/aromatic N) is 1. The van der Waals surface area contributed by atoms with E-state index in [0.717, 1.165) is 25.2 Å². The molecule has 0 saturated carbocycles. The summed E-state index contributed by atoms with van der Waals surface area (Å²) in [4.78, 5) is 13.2. The highest BCUT2D eigenvalue weighted by Crippen LogP contribution is 2.28. The molecule has 0 radical (unpaired) electrons. The average Bonchev–Trinajstić information content (AvgIpc) is 2.71. The van der Waals surface area contributed by atoms with Crippen molar-refractivity contribution in [3.63, 3.8) is 0 Å². The summed E-state index contributed by atoms with van der Waals surface area (Å²) in [6.07, 6.45) is 1.22. The van der Waals surface area contributed by atoms with Gasteiger partial charge in [0, 0.05) is 18.8 Å². The molecule has 2 rings (SSSR count). The third-order valence-electron chi connectivity index (χ3n) is 3.14. The highest BCUT2D eigenvalue weighted by atomic mass is 16.5. The van der Waals surface area contributed by atoms with Crippen molar-refractivity contribution >= 4 is 11.7 Å². The van der Waals surface area contributed by atoms with Crippen LogP contribution in [0.5, 0.6) is 0 Å². The van der Waals surface area contributed by atoms with Crippen LogP contribution in [0.4, 0.5) is 5.69 Å². The van der Waals surface area contributed by atoms with Gasteiger partial charge in [-0.2, -0.15) is 0 Å². The topological polar surface area (TPSA) is 49.8 Å². The van der Waals surface area contributed by atoms with E-state index in [0.29, 0.717) is 12.2 Å². The summed E-state index contributed by atoms with van der Waals surface area (Å²) < 4.78 is 5.54. The molecular formula is C14H19NO3. The first-order valence-electron chi connectivity index (χ1n) is 6.30. The van der Waals surface area contributed by atoms with E-state index >= 15 is 0 Å². The maximum absolute atomic E-state index is 11.0. The zero-order chi connectivity index (χ0) is 13.1. The lowest BCUT2D eigenvalue weighted by Gasteiger charge is -2.20. The molecule has 1 heterocycles. The molecule has 4 nitrogen and oxygen atoms in total. The van der Waals surface area contributed by atoms with Crippen LogP contribution in [0.3, 0.4) is 0 Å². The maximum atomic E-state index is 11.0. The Morgan fingerprint density at radius 3 is 2.94 bits per heavy atom. The Balaban J connectivity index is 2.06. The van der Waals surface area contributed by atoms with E-state index < -0.39 is 5.97 Å². The minimum absolute atomic E-state index is 0.234. The summed E-state index contributed by atoms with van der Waals surface area (Å²) in [7, 11) is 0. The smallest absolute Gasteiger partial charge is 0.335 e. The van der Waals surface area contributed by atoms with Crippen molar-refractivity contribution in [2.45, 2.75) is 26.4 Å². The lowest BCUT2D eigenvalue weighted by molar-refractivity contribution is 0.0697. The zero-order valence-electron chi connectivity index (χ0n) is 10.8. The number of hydrogen-bond acceptors (Lipinski definition) is 3. The van der Waals surface area contributed by atoms with E-state index in [2.05, 4.69) is 4.90 Å². The third kappa shape index (κ3) is 2.82. The average molecular weight is 249 g/mol. The van der Waals surface area contributed by atoms with Gasteiger partial charge in [0.1, 0.15) is 0 Å². The Labute approximate surface area is 107 Å². The standard InChI is InChI=1S/C14H19NO3/c1-10(2)18-8-7-15-6-5-11-3-4-12(14(16)17)9-13(11)15/h3-4,9-10H,5-8H2,1-2H3,(H,16,17). The fraction of sp³-hybridized carbons (Fsp3) is 0.500. The van der Waals surface area contributed by atoms with Gasteiger partial charge in [0.15, 0.2) is 0 Å². The van der Waals surface area contributed by atoms with Gasteiger partial charge in [0.05, 0.1) is 18.3 Å². The number of fused-ring (bicyclic) bond motifs is 1. The Bertz CT molecular complexity index is 443. The molecule has 0 aliphatic carbocycles. The largest absolute Gasteiger partial charge is 0.478 e. The minimum atomic E-state index is -0.872. The lowest BCUT2D eigenvalue weighted by Crippen LogP contribution is -2.26. The first-order chi connectivity index (χ1) is 8.58. The van der Waals surface area contributed by atoms with Crippen molar-refractivity contribution in [2.75, 3.05) is 24.6 Å². The normalized spacial score (nSPS) is 14.1. The molecule has 0 saturated heterocycles. The van der Waals surface area contributed by atoms with Crippen molar-refractivity contribution in [3.8, 4) is 0 Å². The van der Waals surface area contributed by atoms with E-state index in [9.17, 15) is 4.79 Å². The highest BCUT2D eigenvalue weighted by molar-refractivity contribution is 5.89. The predicted octanol–water partition coefficient (Wildman–Crippen LogP) is 2.17. The highest BCUT2D eigenvalue weighted by Gasteiger charge is 2.20. The van der Waals surface area contributed by atoms with E-state index in [1.54, 1.807) is 12.1 Å². The monoisotopic (exact) mass is 249 g/mol. The first kappa shape index (κ1) is 12.9. The molecule has 98 valence electrons. The number of rotatable bonds is 5. The van der Waals surface area contributed by atoms with Gasteiger partial charge in [-0.25, -0.2) is 4.79 Å². The van der Waals surface area contributed by atoms with Crippen LogP contribution in [-0.2, 0) is 11.2 Å². The van der Waals surface area contributed by atoms with Crippen molar-refractivity contribution in [1.82, 2.24) is 0 Å². The summed E-state index contributed by atoms with van der Waals surface area (Å²) in [5.74, 6) is -0.872. The van der Waals surface area contributed by atoms with Gasteiger partial charge in [0.25, 0.3) is 0 Å². The summed E-state index contributed by atoms with van der Waals surface area (Å²) in [6.45, 7) is 6.46. The van der Waals surface area contributed by atoms with Crippen LogP contribution in [0.25, 0.3) is 0 Å². The molecule has 1 aromatic carbocycles. The molecule has 0 aromatic heterocycles. The molecule has 4 heteroatoms. The summed E-state index contributed by atoms with van der Waals surface area (Å²) in [5.41, 5.74) is 2.62. The number of benzene rings is 1. The Hall–Kier alpha value is -1.55. The maximum Gasteiger partial charge on any atom is 0.335 e. The van der Waals surface area contributed by atoms with Crippen LogP contribution in [-0.4, -0.2) is 36.9 Å². The first-order valence-corrected chi connectivity index (χ1v) is 6.30. The summed E-state index contributed by atoms with van der Waals surface area (Å²) >= 11 is 0. The van der Waals surface area contributed by atoms with Crippen LogP contribution in [0.15, 0.2) is 18.2 Å². The van der Waals surface area contributed by atoms with Crippen LogP contribution in [0, 0.1) is 0 Å². The fourth-order valence-electron chi connectivity index (χ4n) is 2.21. The van der Waals surface area contributed by atoms with Crippen LogP contribution in [0.1, 0.15) is 29.8 Å². The van der Waals surface area contributed by atoms with Crippen LogP contribution >= 0.6 is 0 Å². The third-order valence-corrected chi connectivity index (χ3v) is 3.14. The second-order valence-electron chi connectivity index (χ2n) is 4.81. The van der Waals surface area contributed by atoms with Crippen molar-refractivity contribution in [3.05, 3.63) is 29.3 Å². The van der Waals surface area contributed by atoms with E-state index in [1.807, 2.05) is 19.9 Å². The van der Waals surface area contributed by atoms with Crippen molar-refractivity contribution in [1.29, 1.82) is 0 Å². The molecule has 0 atom stereocenters. The molecule has 0 unspecified atom stereocenters. The van der Waals surface area contributed by atoms with Crippen LogP contribution < -0.4 is 4.90 Å². The van der Waals surface area contributed by atoms with Crippen LogP contribution in [0.2, 0.25) is 0 Å². The summed E-state index contributed by atoms with van der Waals surface area (Å²) in [6, 6.07) is 5.36. The number of aromatic carboxylic acids is 1. The fourth-order valence-corrected chi connectivity index (χ4v) is 2.21. The number of carboxylic acid groups (broad SMARTS) is 1. The number of ether oxygens (including phenoxy) is 1. The number of hydrogen-bond donors (Lipinski definition) is 1. The van der Waals surface area contributed by atoms with E-state index in [4.69, 9.17) is 9.84 Å². The van der Waals surface area contributed by atoms with Gasteiger partial charge in [-0.15, -0.1) is 0 Å². The van der Waals surface area contributed by atoms with Crippen molar-refractivity contribution in [2.24, 2.45) is 0 Å². The molecule has 0 spiro atoms. The molecule has 0 fully saturated rings. The molecular weight excluding hydrogens is 230 g/mol. The van der Waals surface area contributed by atoms with Gasteiger partial charge >= 0.3 is 5.97 Å². The minimum Gasteiger partial charge on any atom is -0.478 e. The second-order valence-corrected chi connectivity index (χ2v) is 4.81. The van der Waals surface area contributed by atoms with Gasteiger partial charge < -0.3 is 14.7 Å². The molecule has 1 N–H and O–H groups in total. The Morgan fingerprint density at radius 1 is 1.50 bits per heavy atom. The molecule has 18 heavy (non-hydrogen) atoms.